The van der Waals surface area contributed by atoms with E-state index >= 15 is 0 Å². The summed E-state index contributed by atoms with van der Waals surface area (Å²) in [6, 6.07) is 34.7. The highest BCUT2D eigenvalue weighted by molar-refractivity contribution is 8.03. The lowest BCUT2D eigenvalue weighted by Gasteiger charge is -2.25. The standard InChI is InChI=1S/C38H38N3O2S/c1-39-32-20-19-28(38-33(42-2)17-12-18-34(38)43-3)23-35(32)44-37(39)25-29-24-36(40-21-10-5-11-22-40)41(26-27-13-6-4-7-14-27)31-16-9-8-15-30(29)31/h4,6-9,12-20,23-25H,5,10-11,21-22,26H2,1-3H3/q+1. The summed E-state index contributed by atoms with van der Waals surface area (Å²) in [6.45, 7) is 3.04. The Morgan fingerprint density at radius 3 is 2.27 bits per heavy atom. The van der Waals surface area contributed by atoms with Crippen LogP contribution in [0.5, 0.6) is 11.5 Å². The zero-order chi connectivity index (χ0) is 30.0. The first-order chi connectivity index (χ1) is 21.6. The number of pyridine rings is 1. The van der Waals surface area contributed by atoms with Crippen LogP contribution in [-0.4, -0.2) is 34.4 Å². The van der Waals surface area contributed by atoms with Gasteiger partial charge < -0.3 is 14.4 Å². The van der Waals surface area contributed by atoms with Crippen LogP contribution in [0.15, 0.2) is 107 Å². The number of para-hydroxylation sites is 1. The minimum absolute atomic E-state index is 0.807. The molecule has 6 heteroatoms. The van der Waals surface area contributed by atoms with Crippen molar-refractivity contribution in [2.45, 2.75) is 30.7 Å². The molecule has 0 atom stereocenters. The average Bonchev–Trinajstić information content (AvgIpc) is 3.39. The van der Waals surface area contributed by atoms with Crippen molar-refractivity contribution in [1.82, 2.24) is 0 Å². The summed E-state index contributed by atoms with van der Waals surface area (Å²) in [7, 11) is 5.59. The monoisotopic (exact) mass is 600 g/mol. The van der Waals surface area contributed by atoms with Gasteiger partial charge in [0.25, 0.3) is 5.82 Å². The maximum absolute atomic E-state index is 5.72. The maximum atomic E-state index is 5.72. The number of methoxy groups -OCH3 is 2. The molecule has 0 saturated carbocycles. The number of ether oxygens (including phenoxy) is 2. The van der Waals surface area contributed by atoms with Gasteiger partial charge in [-0.15, -0.1) is 0 Å². The lowest BCUT2D eigenvalue weighted by Crippen LogP contribution is -2.45. The van der Waals surface area contributed by atoms with Gasteiger partial charge >= 0.3 is 0 Å². The Bertz CT molecular complexity index is 1820. The van der Waals surface area contributed by atoms with E-state index in [2.05, 4.69) is 106 Å². The van der Waals surface area contributed by atoms with E-state index in [-0.39, 0.29) is 0 Å². The molecule has 2 aliphatic rings. The summed E-state index contributed by atoms with van der Waals surface area (Å²) in [4.78, 5) is 6.12. The first kappa shape index (κ1) is 28.4. The summed E-state index contributed by atoms with van der Waals surface area (Å²) < 4.78 is 14.0. The number of rotatable bonds is 7. The molecule has 7 rings (SSSR count). The van der Waals surface area contributed by atoms with E-state index in [1.165, 1.54) is 62.7 Å². The van der Waals surface area contributed by atoms with Gasteiger partial charge in [-0.3, -0.25) is 4.90 Å². The fourth-order valence-corrected chi connectivity index (χ4v) is 7.67. The number of benzene rings is 4. The summed E-state index contributed by atoms with van der Waals surface area (Å²) >= 11 is 1.82. The molecule has 1 fully saturated rings. The van der Waals surface area contributed by atoms with Crippen LogP contribution in [0.4, 0.5) is 11.5 Å². The number of aromatic nitrogens is 1. The van der Waals surface area contributed by atoms with E-state index in [1.807, 2.05) is 30.0 Å². The van der Waals surface area contributed by atoms with Gasteiger partial charge in [0.15, 0.2) is 0 Å². The molecule has 0 spiro atoms. The van der Waals surface area contributed by atoms with Gasteiger partial charge in [0, 0.05) is 23.4 Å². The lowest BCUT2D eigenvalue weighted by molar-refractivity contribution is -0.649. The van der Waals surface area contributed by atoms with E-state index in [9.17, 15) is 0 Å². The van der Waals surface area contributed by atoms with Crippen LogP contribution in [0.3, 0.4) is 0 Å². The van der Waals surface area contributed by atoms with Gasteiger partial charge in [0.05, 0.1) is 43.6 Å². The first-order valence-corrected chi connectivity index (χ1v) is 16.2. The summed E-state index contributed by atoms with van der Waals surface area (Å²) in [5, 5.41) is 2.47. The molecule has 1 aromatic heterocycles. The first-order valence-electron chi connectivity index (χ1n) is 15.4. The lowest BCUT2D eigenvalue weighted by atomic mass is 10.0. The largest absolute Gasteiger partial charge is 0.496 e. The molecule has 0 amide bonds. The predicted molar refractivity (Wildman–Crippen MR) is 183 cm³/mol. The second-order valence-corrected chi connectivity index (χ2v) is 12.5. The van der Waals surface area contributed by atoms with Gasteiger partial charge in [0.2, 0.25) is 0 Å². The quantitative estimate of drug-likeness (QED) is 0.175. The molecule has 0 aliphatic carbocycles. The molecule has 222 valence electrons. The number of piperidine rings is 1. The van der Waals surface area contributed by atoms with Gasteiger partial charge in [-0.2, -0.15) is 0 Å². The zero-order valence-electron chi connectivity index (χ0n) is 25.6. The summed E-state index contributed by atoms with van der Waals surface area (Å²) in [6.07, 6.45) is 6.16. The number of nitrogens with zero attached hydrogens (tertiary/aromatic N) is 3. The van der Waals surface area contributed by atoms with Crippen LogP contribution in [-0.2, 0) is 6.54 Å². The molecule has 44 heavy (non-hydrogen) atoms. The van der Waals surface area contributed by atoms with Crippen molar-refractivity contribution in [1.29, 1.82) is 0 Å². The fraction of sp³-hybridized carbons (Fsp3) is 0.237. The average molecular weight is 601 g/mol. The van der Waals surface area contributed by atoms with E-state index in [4.69, 9.17) is 9.47 Å². The number of hydrogen-bond donors (Lipinski definition) is 0. The highest BCUT2D eigenvalue weighted by Crippen LogP contribution is 2.49. The van der Waals surface area contributed by atoms with Crippen LogP contribution in [0, 0.1) is 0 Å². The minimum atomic E-state index is 0.807. The Labute approximate surface area is 264 Å². The third-order valence-electron chi connectivity index (χ3n) is 8.79. The Morgan fingerprint density at radius 1 is 0.795 bits per heavy atom. The zero-order valence-corrected chi connectivity index (χ0v) is 26.4. The van der Waals surface area contributed by atoms with Gasteiger partial charge in [-0.1, -0.05) is 72.4 Å². The van der Waals surface area contributed by atoms with Crippen LogP contribution in [0.25, 0.3) is 28.1 Å². The molecule has 2 aliphatic heterocycles. The third-order valence-corrected chi connectivity index (χ3v) is 9.94. The minimum Gasteiger partial charge on any atom is -0.496 e. The van der Waals surface area contributed by atoms with E-state index in [1.54, 1.807) is 14.2 Å². The Hall–Kier alpha value is -4.42. The van der Waals surface area contributed by atoms with Crippen molar-refractivity contribution < 1.29 is 14.0 Å². The smallest absolute Gasteiger partial charge is 0.277 e. The van der Waals surface area contributed by atoms with Crippen molar-refractivity contribution in [2.24, 2.45) is 0 Å². The highest BCUT2D eigenvalue weighted by Gasteiger charge is 2.28. The van der Waals surface area contributed by atoms with E-state index in [0.29, 0.717) is 0 Å². The van der Waals surface area contributed by atoms with E-state index in [0.717, 1.165) is 42.3 Å². The molecule has 4 aromatic carbocycles. The number of hydrogen-bond acceptors (Lipinski definition) is 5. The highest BCUT2D eigenvalue weighted by atomic mass is 32.2. The van der Waals surface area contributed by atoms with Crippen LogP contribution >= 0.6 is 11.8 Å². The fourth-order valence-electron chi connectivity index (χ4n) is 6.53. The van der Waals surface area contributed by atoms with Crippen molar-refractivity contribution in [3.63, 3.8) is 0 Å². The Balaban J connectivity index is 1.31. The predicted octanol–water partition coefficient (Wildman–Crippen LogP) is 8.39. The van der Waals surface area contributed by atoms with Gasteiger partial charge in [-0.25, -0.2) is 4.57 Å². The molecular formula is C38H38N3O2S+. The SMILES string of the molecule is COc1cccc(OC)c1-c1ccc2c(c1)SC(=Cc1cc(N3CCCCC3)[n+](Cc3ccccc3)c3ccccc13)N2C. The molecule has 0 N–H and O–H groups in total. The Morgan fingerprint density at radius 2 is 1.52 bits per heavy atom. The van der Waals surface area contributed by atoms with Crippen molar-refractivity contribution in [3.05, 3.63) is 113 Å². The second-order valence-electron chi connectivity index (χ2n) is 11.5. The number of fused-ring (bicyclic) bond motifs is 2. The summed E-state index contributed by atoms with van der Waals surface area (Å²) in [5.41, 5.74) is 7.09. The molecular weight excluding hydrogens is 563 g/mol. The van der Waals surface area contributed by atoms with E-state index < -0.39 is 0 Å². The molecule has 0 bridgehead atoms. The molecule has 1 saturated heterocycles. The normalized spacial score (nSPS) is 15.6. The van der Waals surface area contributed by atoms with Crippen LogP contribution < -0.4 is 23.8 Å². The van der Waals surface area contributed by atoms with Gasteiger partial charge in [0.1, 0.15) is 23.6 Å². The van der Waals surface area contributed by atoms with Crippen LogP contribution in [0.2, 0.25) is 0 Å². The van der Waals surface area contributed by atoms with Crippen LogP contribution in [0.1, 0.15) is 30.4 Å². The molecule has 5 aromatic rings. The topological polar surface area (TPSA) is 28.8 Å². The number of anilines is 2. The summed E-state index contributed by atoms with van der Waals surface area (Å²) in [5.74, 6) is 2.91. The molecule has 5 nitrogen and oxygen atoms in total. The van der Waals surface area contributed by atoms with Gasteiger partial charge in [-0.05, 0) is 72.4 Å². The van der Waals surface area contributed by atoms with Crippen molar-refractivity contribution in [3.8, 4) is 22.6 Å². The third kappa shape index (κ3) is 5.28. The molecule has 0 unspecified atom stereocenters. The number of thioether (sulfide) groups is 1. The Kier molecular flexibility index (Phi) is 7.92. The molecule has 0 radical (unpaired) electrons. The second kappa shape index (κ2) is 12.3. The maximum Gasteiger partial charge on any atom is 0.277 e. The van der Waals surface area contributed by atoms with Crippen molar-refractivity contribution in [2.75, 3.05) is 44.2 Å². The molecule has 3 heterocycles. The van der Waals surface area contributed by atoms with Crippen molar-refractivity contribution >= 4 is 40.2 Å².